The van der Waals surface area contributed by atoms with Crippen LogP contribution in [0.4, 0.5) is 4.39 Å². The highest BCUT2D eigenvalue weighted by atomic mass is 127. The number of rotatable bonds is 6. The number of benzene rings is 2. The number of halogens is 3. The van der Waals surface area contributed by atoms with Crippen LogP contribution in [0.2, 0.25) is 0 Å². The molecular weight excluding hydrogens is 444 g/mol. The van der Waals surface area contributed by atoms with Crippen LogP contribution in [-0.4, -0.2) is 6.54 Å². The third kappa shape index (κ3) is 5.04. The quantitative estimate of drug-likeness (QED) is 0.562. The molecule has 1 unspecified atom stereocenters. The number of hydrogen-bond acceptors (Lipinski definition) is 1. The van der Waals surface area contributed by atoms with Gasteiger partial charge in [0, 0.05) is 14.1 Å². The molecule has 4 heteroatoms. The van der Waals surface area contributed by atoms with Crippen LogP contribution in [0, 0.1) is 9.39 Å². The van der Waals surface area contributed by atoms with Crippen molar-refractivity contribution < 1.29 is 4.39 Å². The highest BCUT2D eigenvalue weighted by molar-refractivity contribution is 14.1. The van der Waals surface area contributed by atoms with Crippen molar-refractivity contribution in [1.29, 1.82) is 0 Å². The SMILES string of the molecule is CCCNC(Cc1cccc(Br)c1)c1ccc(F)cc1I. The summed E-state index contributed by atoms with van der Waals surface area (Å²) in [7, 11) is 0. The second-order valence-corrected chi connectivity index (χ2v) is 7.08. The zero-order chi connectivity index (χ0) is 15.2. The van der Waals surface area contributed by atoms with E-state index < -0.39 is 0 Å². The van der Waals surface area contributed by atoms with Crippen molar-refractivity contribution >= 4 is 38.5 Å². The highest BCUT2D eigenvalue weighted by Gasteiger charge is 2.15. The molecule has 0 spiro atoms. The molecule has 21 heavy (non-hydrogen) atoms. The van der Waals surface area contributed by atoms with Crippen LogP contribution in [0.1, 0.15) is 30.5 Å². The van der Waals surface area contributed by atoms with E-state index in [0.717, 1.165) is 33.0 Å². The summed E-state index contributed by atoms with van der Waals surface area (Å²) in [6, 6.07) is 13.6. The van der Waals surface area contributed by atoms with Crippen molar-refractivity contribution in [2.24, 2.45) is 0 Å². The topological polar surface area (TPSA) is 12.0 Å². The fraction of sp³-hybridized carbons (Fsp3) is 0.294. The Hall–Kier alpha value is -0.460. The van der Waals surface area contributed by atoms with Gasteiger partial charge in [-0.05, 0) is 77.4 Å². The lowest BCUT2D eigenvalue weighted by Gasteiger charge is -2.21. The van der Waals surface area contributed by atoms with E-state index in [-0.39, 0.29) is 11.9 Å². The van der Waals surface area contributed by atoms with Crippen LogP contribution in [0.15, 0.2) is 46.9 Å². The standard InChI is InChI=1S/C17H18BrFIN/c1-2-8-21-17(10-12-4-3-5-13(18)9-12)15-7-6-14(19)11-16(15)20/h3-7,9,11,17,21H,2,8,10H2,1H3. The Kier molecular flexibility index (Phi) is 6.64. The second-order valence-electron chi connectivity index (χ2n) is 5.01. The van der Waals surface area contributed by atoms with Crippen LogP contribution >= 0.6 is 38.5 Å². The summed E-state index contributed by atoms with van der Waals surface area (Å²) < 4.78 is 15.4. The number of hydrogen-bond donors (Lipinski definition) is 1. The van der Waals surface area contributed by atoms with Crippen molar-refractivity contribution in [1.82, 2.24) is 5.32 Å². The molecule has 1 nitrogen and oxygen atoms in total. The molecule has 2 aromatic rings. The summed E-state index contributed by atoms with van der Waals surface area (Å²) in [6.07, 6.45) is 1.97. The molecular formula is C17H18BrFIN. The summed E-state index contributed by atoms with van der Waals surface area (Å²) in [5.41, 5.74) is 2.42. The summed E-state index contributed by atoms with van der Waals surface area (Å²) in [4.78, 5) is 0. The van der Waals surface area contributed by atoms with Crippen molar-refractivity contribution in [2.45, 2.75) is 25.8 Å². The first-order valence-corrected chi connectivity index (χ1v) is 8.90. The first kappa shape index (κ1) is 16.9. The predicted octanol–water partition coefficient (Wildman–Crippen LogP) is 5.48. The Balaban J connectivity index is 2.25. The molecule has 0 aliphatic carbocycles. The largest absolute Gasteiger partial charge is 0.310 e. The van der Waals surface area contributed by atoms with Crippen molar-refractivity contribution in [3.63, 3.8) is 0 Å². The van der Waals surface area contributed by atoms with Gasteiger partial charge < -0.3 is 5.32 Å². The van der Waals surface area contributed by atoms with E-state index in [0.29, 0.717) is 0 Å². The Bertz CT molecular complexity index is 603. The van der Waals surface area contributed by atoms with E-state index in [1.54, 1.807) is 12.1 Å². The first-order valence-electron chi connectivity index (χ1n) is 7.03. The third-order valence-corrected chi connectivity index (χ3v) is 4.73. The van der Waals surface area contributed by atoms with E-state index in [1.807, 2.05) is 18.2 Å². The average molecular weight is 462 g/mol. The molecule has 0 aliphatic rings. The molecule has 0 fully saturated rings. The Morgan fingerprint density at radius 3 is 2.71 bits per heavy atom. The van der Waals surface area contributed by atoms with Crippen molar-refractivity contribution in [3.8, 4) is 0 Å². The molecule has 0 heterocycles. The maximum Gasteiger partial charge on any atom is 0.124 e. The van der Waals surface area contributed by atoms with Gasteiger partial charge in [0.25, 0.3) is 0 Å². The van der Waals surface area contributed by atoms with E-state index in [2.05, 4.69) is 62.9 Å². The molecule has 2 rings (SSSR count). The van der Waals surface area contributed by atoms with E-state index in [1.165, 1.54) is 5.56 Å². The first-order chi connectivity index (χ1) is 10.1. The Morgan fingerprint density at radius 2 is 2.05 bits per heavy atom. The molecule has 0 amide bonds. The lowest BCUT2D eigenvalue weighted by atomic mass is 9.98. The molecule has 0 aliphatic heterocycles. The van der Waals surface area contributed by atoms with Crippen LogP contribution in [0.3, 0.4) is 0 Å². The van der Waals surface area contributed by atoms with Crippen LogP contribution in [0.5, 0.6) is 0 Å². The average Bonchev–Trinajstić information content (AvgIpc) is 2.44. The minimum absolute atomic E-state index is 0.181. The van der Waals surface area contributed by atoms with Gasteiger partial charge >= 0.3 is 0 Å². The maximum atomic E-state index is 13.3. The van der Waals surface area contributed by atoms with Gasteiger partial charge in [0.15, 0.2) is 0 Å². The molecule has 0 bridgehead atoms. The molecule has 0 saturated heterocycles. The molecule has 0 saturated carbocycles. The van der Waals surface area contributed by atoms with Gasteiger partial charge in [-0.15, -0.1) is 0 Å². The van der Waals surface area contributed by atoms with Crippen LogP contribution in [0.25, 0.3) is 0 Å². The second kappa shape index (κ2) is 8.25. The normalized spacial score (nSPS) is 12.4. The summed E-state index contributed by atoms with van der Waals surface area (Å²) in [6.45, 7) is 3.10. The zero-order valence-corrected chi connectivity index (χ0v) is 15.6. The molecule has 112 valence electrons. The Morgan fingerprint density at radius 1 is 1.24 bits per heavy atom. The van der Waals surface area contributed by atoms with Gasteiger partial charge in [0.2, 0.25) is 0 Å². The monoisotopic (exact) mass is 461 g/mol. The predicted molar refractivity (Wildman–Crippen MR) is 98.0 cm³/mol. The lowest BCUT2D eigenvalue weighted by molar-refractivity contribution is 0.525. The summed E-state index contributed by atoms with van der Waals surface area (Å²) >= 11 is 5.73. The fourth-order valence-electron chi connectivity index (χ4n) is 2.29. The molecule has 1 N–H and O–H groups in total. The highest BCUT2D eigenvalue weighted by Crippen LogP contribution is 2.25. The summed E-state index contributed by atoms with van der Waals surface area (Å²) in [5, 5.41) is 3.57. The zero-order valence-electron chi connectivity index (χ0n) is 11.9. The minimum atomic E-state index is -0.181. The van der Waals surface area contributed by atoms with Gasteiger partial charge in [0.05, 0.1) is 0 Å². The van der Waals surface area contributed by atoms with Crippen molar-refractivity contribution in [2.75, 3.05) is 6.54 Å². The molecule has 0 aromatic heterocycles. The fourth-order valence-corrected chi connectivity index (χ4v) is 3.59. The minimum Gasteiger partial charge on any atom is -0.310 e. The van der Waals surface area contributed by atoms with Crippen LogP contribution < -0.4 is 5.32 Å². The molecule has 1 atom stereocenters. The summed E-state index contributed by atoms with van der Waals surface area (Å²) in [5.74, 6) is -0.181. The van der Waals surface area contributed by atoms with E-state index in [9.17, 15) is 4.39 Å². The van der Waals surface area contributed by atoms with Crippen LogP contribution in [-0.2, 0) is 6.42 Å². The Labute approximate surface area is 147 Å². The van der Waals surface area contributed by atoms with Gasteiger partial charge in [-0.3, -0.25) is 0 Å². The van der Waals surface area contributed by atoms with E-state index in [4.69, 9.17) is 0 Å². The molecule has 0 radical (unpaired) electrons. The van der Waals surface area contributed by atoms with E-state index >= 15 is 0 Å². The molecule has 2 aromatic carbocycles. The van der Waals surface area contributed by atoms with Crippen molar-refractivity contribution in [3.05, 3.63) is 67.5 Å². The van der Waals surface area contributed by atoms with Gasteiger partial charge in [-0.25, -0.2) is 4.39 Å². The van der Waals surface area contributed by atoms with Gasteiger partial charge in [-0.1, -0.05) is 41.1 Å². The van der Waals surface area contributed by atoms with Gasteiger partial charge in [-0.2, -0.15) is 0 Å². The van der Waals surface area contributed by atoms with Gasteiger partial charge in [0.1, 0.15) is 5.82 Å². The number of nitrogens with one attached hydrogen (secondary N) is 1. The third-order valence-electron chi connectivity index (χ3n) is 3.31. The lowest BCUT2D eigenvalue weighted by Crippen LogP contribution is -2.25. The smallest absolute Gasteiger partial charge is 0.124 e. The maximum absolute atomic E-state index is 13.3.